The molecule has 150 valence electrons. The van der Waals surface area contributed by atoms with Gasteiger partial charge in [0.15, 0.2) is 6.61 Å². The summed E-state index contributed by atoms with van der Waals surface area (Å²) >= 11 is 6.25. The van der Waals surface area contributed by atoms with Gasteiger partial charge >= 0.3 is 0 Å². The molecule has 1 heterocycles. The van der Waals surface area contributed by atoms with Gasteiger partial charge in [-0.15, -0.1) is 0 Å². The zero-order valence-electron chi connectivity index (χ0n) is 16.6. The molecule has 0 saturated heterocycles. The van der Waals surface area contributed by atoms with Crippen molar-refractivity contribution in [2.24, 2.45) is 5.10 Å². The Hall–Kier alpha value is -3.12. The fourth-order valence-corrected chi connectivity index (χ4v) is 3.09. The number of nitrogens with one attached hydrogen (secondary N) is 1. The van der Waals surface area contributed by atoms with Crippen molar-refractivity contribution in [3.8, 4) is 5.75 Å². The van der Waals surface area contributed by atoms with Crippen molar-refractivity contribution in [2.45, 2.75) is 27.3 Å². The summed E-state index contributed by atoms with van der Waals surface area (Å²) in [7, 11) is 0. The molecule has 29 heavy (non-hydrogen) atoms. The third kappa shape index (κ3) is 5.45. The topological polar surface area (TPSA) is 68.5 Å². The van der Waals surface area contributed by atoms with E-state index in [1.54, 1.807) is 6.21 Å². The highest BCUT2D eigenvalue weighted by molar-refractivity contribution is 6.31. The number of carbonyl (C=O) groups excluding carboxylic acids is 1. The van der Waals surface area contributed by atoms with Gasteiger partial charge in [-0.3, -0.25) is 9.48 Å². The lowest BCUT2D eigenvalue weighted by Gasteiger charge is -2.06. The van der Waals surface area contributed by atoms with Crippen molar-refractivity contribution in [1.82, 2.24) is 15.2 Å². The summed E-state index contributed by atoms with van der Waals surface area (Å²) < 4.78 is 7.34. The van der Waals surface area contributed by atoms with Gasteiger partial charge in [0, 0.05) is 16.3 Å². The van der Waals surface area contributed by atoms with Crippen molar-refractivity contribution in [2.75, 3.05) is 6.61 Å². The molecule has 7 heteroatoms. The van der Waals surface area contributed by atoms with Gasteiger partial charge in [0.25, 0.3) is 5.91 Å². The Morgan fingerprint density at radius 3 is 2.76 bits per heavy atom. The number of hydrazone groups is 1. The van der Waals surface area contributed by atoms with Gasteiger partial charge in [0.2, 0.25) is 0 Å². The lowest BCUT2D eigenvalue weighted by molar-refractivity contribution is -0.123. The summed E-state index contributed by atoms with van der Waals surface area (Å²) in [5, 5.41) is 9.31. The monoisotopic (exact) mass is 410 g/mol. The second-order valence-electron chi connectivity index (χ2n) is 6.73. The Labute approximate surface area is 175 Å². The molecule has 6 nitrogen and oxygen atoms in total. The van der Waals surface area contributed by atoms with E-state index in [1.165, 1.54) is 0 Å². The molecule has 1 aromatic heterocycles. The molecule has 0 fully saturated rings. The number of halogens is 1. The van der Waals surface area contributed by atoms with Crippen molar-refractivity contribution < 1.29 is 9.53 Å². The van der Waals surface area contributed by atoms with E-state index < -0.39 is 0 Å². The van der Waals surface area contributed by atoms with Gasteiger partial charge < -0.3 is 4.74 Å². The molecule has 0 spiro atoms. The SMILES string of the molecule is Cc1cccc(OCC(=O)N/N=C\c2c(C)nn(Cc3ccccc3Cl)c2C)c1. The molecule has 0 unspecified atom stereocenters. The highest BCUT2D eigenvalue weighted by atomic mass is 35.5. The van der Waals surface area contributed by atoms with Crippen LogP contribution in [0.3, 0.4) is 0 Å². The number of hydrogen-bond acceptors (Lipinski definition) is 4. The first-order valence-corrected chi connectivity index (χ1v) is 9.60. The molecule has 3 rings (SSSR count). The summed E-state index contributed by atoms with van der Waals surface area (Å²) in [5.74, 6) is 0.318. The Morgan fingerprint density at radius 2 is 2.00 bits per heavy atom. The minimum Gasteiger partial charge on any atom is -0.484 e. The molecule has 0 atom stereocenters. The molecule has 0 aliphatic heterocycles. The summed E-state index contributed by atoms with van der Waals surface area (Å²) in [6.45, 7) is 6.29. The smallest absolute Gasteiger partial charge is 0.277 e. The van der Waals surface area contributed by atoms with Crippen molar-refractivity contribution in [3.05, 3.63) is 81.6 Å². The van der Waals surface area contributed by atoms with E-state index in [4.69, 9.17) is 16.3 Å². The van der Waals surface area contributed by atoms with Crippen LogP contribution in [-0.4, -0.2) is 28.5 Å². The normalized spacial score (nSPS) is 11.0. The molecule has 0 bridgehead atoms. The molecule has 0 aliphatic rings. The Morgan fingerprint density at radius 1 is 1.21 bits per heavy atom. The highest BCUT2D eigenvalue weighted by Crippen LogP contribution is 2.18. The maximum atomic E-state index is 12.0. The first-order chi connectivity index (χ1) is 13.9. The molecule has 1 N–H and O–H groups in total. The largest absolute Gasteiger partial charge is 0.484 e. The van der Waals surface area contributed by atoms with Gasteiger partial charge in [0.05, 0.1) is 18.5 Å². The maximum Gasteiger partial charge on any atom is 0.277 e. The van der Waals surface area contributed by atoms with E-state index in [-0.39, 0.29) is 12.5 Å². The number of aryl methyl sites for hydroxylation is 2. The number of amides is 1. The van der Waals surface area contributed by atoms with E-state index in [2.05, 4.69) is 15.6 Å². The number of hydrogen-bond donors (Lipinski definition) is 1. The van der Waals surface area contributed by atoms with Gasteiger partial charge in [-0.25, -0.2) is 5.43 Å². The third-order valence-corrected chi connectivity index (χ3v) is 4.83. The molecular formula is C22H23ClN4O2. The van der Waals surface area contributed by atoms with Crippen LogP contribution in [-0.2, 0) is 11.3 Å². The van der Waals surface area contributed by atoms with Gasteiger partial charge in [0.1, 0.15) is 5.75 Å². The minimum atomic E-state index is -0.332. The van der Waals surface area contributed by atoms with Crippen molar-refractivity contribution >= 4 is 23.7 Å². The van der Waals surface area contributed by atoms with Gasteiger partial charge in [-0.05, 0) is 50.1 Å². The molecular weight excluding hydrogens is 388 g/mol. The van der Waals surface area contributed by atoms with E-state index in [0.717, 1.165) is 28.1 Å². The second-order valence-corrected chi connectivity index (χ2v) is 7.14. The number of rotatable bonds is 7. The molecule has 2 aromatic carbocycles. The van der Waals surface area contributed by atoms with Crippen LogP contribution in [0.1, 0.15) is 28.1 Å². The first kappa shape index (κ1) is 20.6. The van der Waals surface area contributed by atoms with Gasteiger partial charge in [-0.2, -0.15) is 10.2 Å². The van der Waals surface area contributed by atoms with E-state index in [1.807, 2.05) is 74.0 Å². The summed E-state index contributed by atoms with van der Waals surface area (Å²) in [6, 6.07) is 15.2. The Bertz CT molecular complexity index is 1040. The van der Waals surface area contributed by atoms with Crippen LogP contribution < -0.4 is 10.2 Å². The van der Waals surface area contributed by atoms with Crippen LogP contribution in [0, 0.1) is 20.8 Å². The van der Waals surface area contributed by atoms with Crippen LogP contribution >= 0.6 is 11.6 Å². The average molecular weight is 411 g/mol. The summed E-state index contributed by atoms with van der Waals surface area (Å²) in [4.78, 5) is 12.0. The summed E-state index contributed by atoms with van der Waals surface area (Å²) in [5.41, 5.74) is 7.17. The van der Waals surface area contributed by atoms with E-state index in [0.29, 0.717) is 17.3 Å². The Kier molecular flexibility index (Phi) is 6.67. The maximum absolute atomic E-state index is 12.0. The van der Waals surface area contributed by atoms with Crippen LogP contribution in [0.25, 0.3) is 0 Å². The van der Waals surface area contributed by atoms with Crippen molar-refractivity contribution in [3.63, 3.8) is 0 Å². The van der Waals surface area contributed by atoms with Crippen LogP contribution in [0.5, 0.6) is 5.75 Å². The molecule has 0 radical (unpaired) electrons. The summed E-state index contributed by atoms with van der Waals surface area (Å²) in [6.07, 6.45) is 1.60. The third-order valence-electron chi connectivity index (χ3n) is 4.46. The zero-order chi connectivity index (χ0) is 20.8. The zero-order valence-corrected chi connectivity index (χ0v) is 17.4. The minimum absolute atomic E-state index is 0.107. The lowest BCUT2D eigenvalue weighted by atomic mass is 10.2. The predicted molar refractivity (Wildman–Crippen MR) is 115 cm³/mol. The lowest BCUT2D eigenvalue weighted by Crippen LogP contribution is -2.24. The van der Waals surface area contributed by atoms with Crippen molar-refractivity contribution in [1.29, 1.82) is 0 Å². The standard InChI is InChI=1S/C22H23ClN4O2/c1-15-7-6-9-19(11-15)29-14-22(28)25-24-12-20-16(2)26-27(17(20)3)13-18-8-4-5-10-21(18)23/h4-12H,13-14H2,1-3H3,(H,25,28)/b24-12-. The number of nitrogens with zero attached hydrogens (tertiary/aromatic N) is 3. The number of carbonyl (C=O) groups is 1. The molecule has 1 amide bonds. The first-order valence-electron chi connectivity index (χ1n) is 9.23. The van der Waals surface area contributed by atoms with E-state index in [9.17, 15) is 4.79 Å². The van der Waals surface area contributed by atoms with Crippen LogP contribution in [0.15, 0.2) is 53.6 Å². The quantitative estimate of drug-likeness (QED) is 0.472. The molecule has 0 aliphatic carbocycles. The molecule has 0 saturated carbocycles. The van der Waals surface area contributed by atoms with Crippen LogP contribution in [0.2, 0.25) is 5.02 Å². The second kappa shape index (κ2) is 9.39. The van der Waals surface area contributed by atoms with E-state index >= 15 is 0 Å². The number of benzene rings is 2. The fraction of sp³-hybridized carbons (Fsp3) is 0.227. The number of ether oxygens (including phenoxy) is 1. The average Bonchev–Trinajstić information content (AvgIpc) is 2.95. The fourth-order valence-electron chi connectivity index (χ4n) is 2.89. The Balaban J connectivity index is 1.59. The highest BCUT2D eigenvalue weighted by Gasteiger charge is 2.11. The van der Waals surface area contributed by atoms with Crippen LogP contribution in [0.4, 0.5) is 0 Å². The predicted octanol–water partition coefficient (Wildman–Crippen LogP) is 4.04. The molecule has 3 aromatic rings. The van der Waals surface area contributed by atoms with Gasteiger partial charge in [-0.1, -0.05) is 41.9 Å². The number of aromatic nitrogens is 2.